The van der Waals surface area contributed by atoms with E-state index in [0.29, 0.717) is 25.1 Å². The molecule has 0 bridgehead atoms. The van der Waals surface area contributed by atoms with Crippen LogP contribution in [0.2, 0.25) is 0 Å². The van der Waals surface area contributed by atoms with Gasteiger partial charge in [-0.3, -0.25) is 9.59 Å². The maximum Gasteiger partial charge on any atom is 0.313 e. The van der Waals surface area contributed by atoms with Gasteiger partial charge in [-0.1, -0.05) is 12.1 Å². The molecule has 1 unspecified atom stereocenters. The largest absolute Gasteiger partial charge is 0.483 e. The van der Waals surface area contributed by atoms with Crippen molar-refractivity contribution in [3.63, 3.8) is 0 Å². The number of piperidine rings is 1. The van der Waals surface area contributed by atoms with E-state index >= 15 is 0 Å². The third-order valence-electron chi connectivity index (χ3n) is 4.50. The van der Waals surface area contributed by atoms with Crippen LogP contribution in [0.25, 0.3) is 0 Å². The van der Waals surface area contributed by atoms with E-state index in [4.69, 9.17) is 9.47 Å². The molecule has 2 rings (SSSR count). The van der Waals surface area contributed by atoms with Crippen LogP contribution in [0.4, 0.5) is 0 Å². The van der Waals surface area contributed by atoms with Crippen molar-refractivity contribution in [2.45, 2.75) is 26.7 Å². The molecule has 0 spiro atoms. The van der Waals surface area contributed by atoms with E-state index in [1.165, 1.54) is 7.11 Å². The molecule has 1 aliphatic heterocycles. The highest BCUT2D eigenvalue weighted by atomic mass is 16.5. The lowest BCUT2D eigenvalue weighted by Crippen LogP contribution is -2.53. The Balaban J connectivity index is 2.01. The van der Waals surface area contributed by atoms with Crippen LogP contribution in [-0.2, 0) is 14.3 Å². The highest BCUT2D eigenvalue weighted by Gasteiger charge is 2.43. The minimum absolute atomic E-state index is 0.0903. The molecule has 1 fully saturated rings. The molecule has 1 atom stereocenters. The molecular weight excluding hydrogens is 310 g/mol. The van der Waals surface area contributed by atoms with E-state index in [-0.39, 0.29) is 25.7 Å². The van der Waals surface area contributed by atoms with Gasteiger partial charge in [-0.05, 0) is 43.9 Å². The molecule has 1 saturated heterocycles. The molecule has 132 valence electrons. The van der Waals surface area contributed by atoms with Gasteiger partial charge >= 0.3 is 5.97 Å². The Hall–Kier alpha value is -2.08. The van der Waals surface area contributed by atoms with Crippen molar-refractivity contribution in [2.24, 2.45) is 5.41 Å². The third-order valence-corrected chi connectivity index (χ3v) is 4.50. The van der Waals surface area contributed by atoms with Crippen molar-refractivity contribution < 1.29 is 24.2 Å². The normalized spacial score (nSPS) is 20.7. The summed E-state index contributed by atoms with van der Waals surface area (Å²) in [6, 6.07) is 5.83. The fraction of sp³-hybridized carbons (Fsp3) is 0.556. The van der Waals surface area contributed by atoms with Crippen molar-refractivity contribution in [3.8, 4) is 5.75 Å². The summed E-state index contributed by atoms with van der Waals surface area (Å²) in [5.74, 6) is -0.434. The number of ether oxygens (including phenoxy) is 2. The van der Waals surface area contributed by atoms with Gasteiger partial charge in [0.05, 0.1) is 6.61 Å². The molecule has 6 nitrogen and oxygen atoms in total. The Morgan fingerprint density at radius 3 is 2.75 bits per heavy atom. The second-order valence-electron chi connectivity index (χ2n) is 6.49. The second kappa shape index (κ2) is 7.66. The van der Waals surface area contributed by atoms with Crippen molar-refractivity contribution >= 4 is 11.9 Å². The average molecular weight is 335 g/mol. The molecule has 1 amide bonds. The Morgan fingerprint density at radius 2 is 2.08 bits per heavy atom. The molecule has 0 aromatic heterocycles. The lowest BCUT2D eigenvalue weighted by atomic mass is 9.80. The number of benzene rings is 1. The van der Waals surface area contributed by atoms with E-state index in [0.717, 1.165) is 11.1 Å². The number of rotatable bonds is 6. The molecule has 0 aliphatic carbocycles. The van der Waals surface area contributed by atoms with E-state index in [1.807, 2.05) is 32.0 Å². The van der Waals surface area contributed by atoms with Crippen LogP contribution < -0.4 is 4.74 Å². The van der Waals surface area contributed by atoms with Gasteiger partial charge in [0.2, 0.25) is 0 Å². The van der Waals surface area contributed by atoms with Gasteiger partial charge in [-0.15, -0.1) is 0 Å². The Labute approximate surface area is 142 Å². The number of carbonyl (C=O) groups is 2. The Morgan fingerprint density at radius 1 is 1.33 bits per heavy atom. The molecular formula is C18H25NO5. The van der Waals surface area contributed by atoms with Crippen molar-refractivity contribution in [1.29, 1.82) is 0 Å². The van der Waals surface area contributed by atoms with E-state index in [2.05, 4.69) is 0 Å². The third kappa shape index (κ3) is 4.06. The summed E-state index contributed by atoms with van der Waals surface area (Å²) in [5, 5.41) is 9.55. The second-order valence-corrected chi connectivity index (χ2v) is 6.49. The summed E-state index contributed by atoms with van der Waals surface area (Å²) < 4.78 is 10.7. The number of carbonyl (C=O) groups excluding carboxylic acids is 1. The molecule has 1 N–H and O–H groups in total. The average Bonchev–Trinajstić information content (AvgIpc) is 2.55. The number of carboxylic acid groups (broad SMARTS) is 1. The molecule has 1 aliphatic rings. The van der Waals surface area contributed by atoms with Gasteiger partial charge in [0.1, 0.15) is 11.2 Å². The zero-order valence-electron chi connectivity index (χ0n) is 14.5. The predicted molar refractivity (Wildman–Crippen MR) is 89.2 cm³/mol. The number of methoxy groups -OCH3 is 1. The van der Waals surface area contributed by atoms with E-state index < -0.39 is 11.4 Å². The summed E-state index contributed by atoms with van der Waals surface area (Å²) in [6.07, 6.45) is 1.16. The summed E-state index contributed by atoms with van der Waals surface area (Å²) in [7, 11) is 1.48. The molecule has 1 aromatic carbocycles. The minimum atomic E-state index is -1.03. The van der Waals surface area contributed by atoms with Crippen LogP contribution in [0.15, 0.2) is 18.2 Å². The van der Waals surface area contributed by atoms with Gasteiger partial charge in [0.25, 0.3) is 5.91 Å². The number of hydrogen-bond acceptors (Lipinski definition) is 4. The maximum absolute atomic E-state index is 12.4. The number of aryl methyl sites for hydroxylation is 2. The highest BCUT2D eigenvalue weighted by Crippen LogP contribution is 2.31. The first kappa shape index (κ1) is 18.3. The summed E-state index contributed by atoms with van der Waals surface area (Å²) in [6.45, 7) is 4.61. The number of nitrogens with zero attached hydrogens (tertiary/aromatic N) is 1. The first-order chi connectivity index (χ1) is 11.4. The zero-order chi connectivity index (χ0) is 17.7. The number of likely N-dealkylation sites (tertiary alicyclic amines) is 1. The van der Waals surface area contributed by atoms with Crippen molar-refractivity contribution in [1.82, 2.24) is 4.90 Å². The monoisotopic (exact) mass is 335 g/mol. The summed E-state index contributed by atoms with van der Waals surface area (Å²) in [5.41, 5.74) is 0.999. The fourth-order valence-electron chi connectivity index (χ4n) is 3.07. The number of amides is 1. The van der Waals surface area contributed by atoms with Crippen LogP contribution in [0, 0.1) is 19.3 Å². The first-order valence-electron chi connectivity index (χ1n) is 8.08. The lowest BCUT2D eigenvalue weighted by molar-refractivity contribution is -0.159. The smallest absolute Gasteiger partial charge is 0.313 e. The molecule has 0 saturated carbocycles. The van der Waals surface area contributed by atoms with E-state index in [9.17, 15) is 14.7 Å². The maximum atomic E-state index is 12.4. The molecule has 0 radical (unpaired) electrons. The van der Waals surface area contributed by atoms with Crippen molar-refractivity contribution in [2.75, 3.05) is 33.4 Å². The zero-order valence-corrected chi connectivity index (χ0v) is 14.5. The van der Waals surface area contributed by atoms with Gasteiger partial charge < -0.3 is 19.5 Å². The van der Waals surface area contributed by atoms with Gasteiger partial charge in [0, 0.05) is 20.2 Å². The predicted octanol–water partition coefficient (Wildman–Crippen LogP) is 2.02. The molecule has 24 heavy (non-hydrogen) atoms. The number of aliphatic carboxylic acids is 1. The topological polar surface area (TPSA) is 76.1 Å². The standard InChI is InChI=1S/C18H25NO5/c1-13-5-6-14(2)15(9-13)24-10-16(20)19-8-4-7-18(11-19,12-23-3)17(21)22/h5-6,9H,4,7-8,10-12H2,1-3H3,(H,21,22). The molecule has 1 heterocycles. The van der Waals surface area contributed by atoms with Gasteiger partial charge in [0.15, 0.2) is 6.61 Å². The van der Waals surface area contributed by atoms with Crippen LogP contribution in [-0.4, -0.2) is 55.3 Å². The molecule has 6 heteroatoms. The van der Waals surface area contributed by atoms with E-state index in [1.54, 1.807) is 4.90 Å². The highest BCUT2D eigenvalue weighted by molar-refractivity contribution is 5.80. The van der Waals surface area contributed by atoms with Crippen molar-refractivity contribution in [3.05, 3.63) is 29.3 Å². The van der Waals surface area contributed by atoms with Crippen LogP contribution in [0.5, 0.6) is 5.75 Å². The summed E-state index contributed by atoms with van der Waals surface area (Å²) >= 11 is 0. The fourth-order valence-corrected chi connectivity index (χ4v) is 3.07. The number of hydrogen-bond donors (Lipinski definition) is 1. The quantitative estimate of drug-likeness (QED) is 0.861. The first-order valence-corrected chi connectivity index (χ1v) is 8.08. The van der Waals surface area contributed by atoms with Crippen LogP contribution in [0.3, 0.4) is 0 Å². The number of carboxylic acids is 1. The Kier molecular flexibility index (Phi) is 5.83. The Bertz CT molecular complexity index is 611. The minimum Gasteiger partial charge on any atom is -0.483 e. The van der Waals surface area contributed by atoms with Crippen LogP contribution >= 0.6 is 0 Å². The van der Waals surface area contributed by atoms with Gasteiger partial charge in [-0.25, -0.2) is 0 Å². The SMILES string of the molecule is COCC1(C(=O)O)CCCN(C(=O)COc2cc(C)ccc2C)C1. The summed E-state index contributed by atoms with van der Waals surface area (Å²) in [4.78, 5) is 25.7. The molecule has 1 aromatic rings. The lowest BCUT2D eigenvalue weighted by Gasteiger charge is -2.39. The van der Waals surface area contributed by atoms with Crippen LogP contribution in [0.1, 0.15) is 24.0 Å². The van der Waals surface area contributed by atoms with Gasteiger partial charge in [-0.2, -0.15) is 0 Å².